The summed E-state index contributed by atoms with van der Waals surface area (Å²) in [5, 5.41) is 19.4. The molecule has 1 aromatic carbocycles. The summed E-state index contributed by atoms with van der Waals surface area (Å²) in [6, 6.07) is 3.67. The van der Waals surface area contributed by atoms with Crippen LogP contribution in [0.1, 0.15) is 16.1 Å². The molecule has 0 atom stereocenters. The Balaban J connectivity index is 1.93. The van der Waals surface area contributed by atoms with E-state index in [9.17, 15) is 10.1 Å². The Morgan fingerprint density at radius 1 is 1.48 bits per heavy atom. The molecule has 2 N–H and O–H groups in total. The summed E-state index contributed by atoms with van der Waals surface area (Å²) in [7, 11) is 1.82. The number of nitriles is 1. The number of aromatic nitrogens is 4. The summed E-state index contributed by atoms with van der Waals surface area (Å²) in [4.78, 5) is 12.1. The lowest BCUT2D eigenvalue weighted by molar-refractivity contribution is 0.1000. The van der Waals surface area contributed by atoms with Crippen molar-refractivity contribution in [1.82, 2.24) is 19.6 Å². The first-order valence-corrected chi connectivity index (χ1v) is 8.28. The number of carbonyl (C=O) groups excluding carboxylic acids is 1. The Morgan fingerprint density at radius 3 is 3.00 bits per heavy atom. The van der Waals surface area contributed by atoms with Gasteiger partial charge in [-0.3, -0.25) is 14.2 Å². The lowest BCUT2D eigenvalue weighted by atomic mass is 9.45. The van der Waals surface area contributed by atoms with Crippen molar-refractivity contribution < 1.29 is 4.79 Å². The van der Waals surface area contributed by atoms with E-state index in [2.05, 4.69) is 16.2 Å². The Labute approximate surface area is 149 Å². The molecule has 1 amide bonds. The van der Waals surface area contributed by atoms with E-state index in [1.807, 2.05) is 13.1 Å². The van der Waals surface area contributed by atoms with Gasteiger partial charge >= 0.3 is 0 Å². The summed E-state index contributed by atoms with van der Waals surface area (Å²) in [6.45, 7) is 0.469. The van der Waals surface area contributed by atoms with Crippen LogP contribution >= 0.6 is 11.6 Å². The molecular weight excluding hydrogens is 338 g/mol. The van der Waals surface area contributed by atoms with Gasteiger partial charge in [-0.2, -0.15) is 10.2 Å². The van der Waals surface area contributed by atoms with Crippen LogP contribution in [0.4, 0.5) is 0 Å². The minimum Gasteiger partial charge on any atom is -0.365 e. The van der Waals surface area contributed by atoms with Gasteiger partial charge in [-0.25, -0.2) is 5.26 Å². The van der Waals surface area contributed by atoms with Crippen LogP contribution in [0, 0.1) is 11.2 Å². The number of nitrogens with zero attached hydrogens (tertiary/aromatic N) is 5. The number of halogens is 1. The van der Waals surface area contributed by atoms with Gasteiger partial charge in [0.2, 0.25) is 0 Å². The highest BCUT2D eigenvalue weighted by molar-refractivity contribution is 6.66. The molecule has 0 fully saturated rings. The van der Waals surface area contributed by atoms with Crippen molar-refractivity contribution >= 4 is 35.1 Å². The third-order valence-electron chi connectivity index (χ3n) is 4.68. The van der Waals surface area contributed by atoms with E-state index < -0.39 is 5.91 Å². The van der Waals surface area contributed by atoms with Crippen molar-refractivity contribution in [3.8, 4) is 17.2 Å². The summed E-state index contributed by atoms with van der Waals surface area (Å²) in [6.07, 6.45) is 2.91. The molecule has 4 rings (SSSR count). The summed E-state index contributed by atoms with van der Waals surface area (Å²) in [5.74, 6) is 1.73. The van der Waals surface area contributed by atoms with Gasteiger partial charge in [0, 0.05) is 36.2 Å². The number of fused-ring (bicyclic) bond motifs is 2. The van der Waals surface area contributed by atoms with Crippen LogP contribution in [-0.2, 0) is 19.9 Å². The second-order valence-corrected chi connectivity index (χ2v) is 6.65. The molecule has 1 aliphatic rings. The topological polar surface area (TPSA) is 103 Å². The van der Waals surface area contributed by atoms with Gasteiger partial charge in [-0.05, 0) is 24.8 Å². The Morgan fingerprint density at radius 2 is 2.28 bits per heavy atom. The Hall–Kier alpha value is -2.79. The predicted molar refractivity (Wildman–Crippen MR) is 95.3 cm³/mol. The van der Waals surface area contributed by atoms with Crippen LogP contribution in [0.5, 0.6) is 0 Å². The first-order chi connectivity index (χ1) is 12.0. The standard InChI is InChI=1S/C16H14BClN6O/c1-23-15-10(7-21-23)4-9(5-11(15)18)14-13(16(20)25)12-6-17(8-19)2-3-24(12)22-14/h4-5,7H,2-3,6H2,1H3,(H2,20,25). The fourth-order valence-electron chi connectivity index (χ4n) is 3.48. The van der Waals surface area contributed by atoms with Gasteiger partial charge in [0.1, 0.15) is 5.69 Å². The van der Waals surface area contributed by atoms with E-state index in [-0.39, 0.29) is 6.71 Å². The van der Waals surface area contributed by atoms with Gasteiger partial charge < -0.3 is 5.73 Å². The monoisotopic (exact) mass is 352 g/mol. The minimum atomic E-state index is -0.544. The van der Waals surface area contributed by atoms with Crippen molar-refractivity contribution in [2.24, 2.45) is 12.8 Å². The van der Waals surface area contributed by atoms with E-state index in [0.29, 0.717) is 35.5 Å². The molecule has 124 valence electrons. The third-order valence-corrected chi connectivity index (χ3v) is 4.96. The molecular formula is C16H14BClN6O. The zero-order chi connectivity index (χ0) is 17.7. The highest BCUT2D eigenvalue weighted by Crippen LogP contribution is 2.34. The van der Waals surface area contributed by atoms with Crippen LogP contribution in [0.15, 0.2) is 18.3 Å². The molecule has 0 saturated carbocycles. The predicted octanol–water partition coefficient (Wildman–Crippen LogP) is 1.84. The molecule has 7 nitrogen and oxygen atoms in total. The number of primary amides is 1. The lowest BCUT2D eigenvalue weighted by Crippen LogP contribution is -2.28. The fourth-order valence-corrected chi connectivity index (χ4v) is 3.83. The molecule has 25 heavy (non-hydrogen) atoms. The largest absolute Gasteiger partial charge is 0.365 e. The van der Waals surface area contributed by atoms with Crippen LogP contribution in [0.2, 0.25) is 11.3 Å². The Bertz CT molecular complexity index is 1060. The van der Waals surface area contributed by atoms with Gasteiger partial charge in [0.15, 0.2) is 0 Å². The van der Waals surface area contributed by atoms with Crippen LogP contribution < -0.4 is 5.73 Å². The molecule has 0 spiro atoms. The fraction of sp³-hybridized carbons (Fsp3) is 0.250. The molecule has 0 radical (unpaired) electrons. The van der Waals surface area contributed by atoms with E-state index in [1.54, 1.807) is 21.6 Å². The van der Waals surface area contributed by atoms with Crippen molar-refractivity contribution in [1.29, 1.82) is 5.26 Å². The maximum atomic E-state index is 12.1. The van der Waals surface area contributed by atoms with E-state index in [1.165, 1.54) is 0 Å². The number of hydrogen-bond acceptors (Lipinski definition) is 4. The number of carbonyl (C=O) groups is 1. The minimum absolute atomic E-state index is 0.125. The lowest BCUT2D eigenvalue weighted by Gasteiger charge is -2.15. The van der Waals surface area contributed by atoms with Crippen molar-refractivity contribution in [3.05, 3.63) is 34.6 Å². The molecule has 3 aromatic rings. The number of rotatable bonds is 2. The van der Waals surface area contributed by atoms with Gasteiger partial charge in [0.05, 0.1) is 22.3 Å². The first-order valence-electron chi connectivity index (χ1n) is 7.90. The maximum Gasteiger partial charge on any atom is 0.275 e. The van der Waals surface area contributed by atoms with E-state index in [0.717, 1.165) is 22.2 Å². The van der Waals surface area contributed by atoms with Crippen LogP contribution in [0.25, 0.3) is 22.2 Å². The summed E-state index contributed by atoms with van der Waals surface area (Å²) in [5.41, 5.74) is 8.78. The molecule has 0 bridgehead atoms. The molecule has 1 aliphatic heterocycles. The molecule has 0 aliphatic carbocycles. The zero-order valence-electron chi connectivity index (χ0n) is 13.5. The van der Waals surface area contributed by atoms with Gasteiger partial charge in [-0.1, -0.05) is 11.6 Å². The third kappa shape index (κ3) is 2.39. The van der Waals surface area contributed by atoms with Gasteiger partial charge in [0.25, 0.3) is 12.6 Å². The molecule has 0 unspecified atom stereocenters. The molecule has 2 aromatic heterocycles. The highest BCUT2D eigenvalue weighted by Gasteiger charge is 2.30. The smallest absolute Gasteiger partial charge is 0.275 e. The molecule has 9 heteroatoms. The Kier molecular flexibility index (Phi) is 3.55. The maximum absolute atomic E-state index is 12.1. The van der Waals surface area contributed by atoms with Crippen molar-refractivity contribution in [2.75, 3.05) is 0 Å². The number of amides is 1. The second-order valence-electron chi connectivity index (χ2n) is 6.24. The highest BCUT2D eigenvalue weighted by atomic mass is 35.5. The molecule has 0 saturated heterocycles. The second kappa shape index (κ2) is 5.64. The van der Waals surface area contributed by atoms with Crippen LogP contribution in [-0.4, -0.2) is 32.2 Å². The van der Waals surface area contributed by atoms with Gasteiger partial charge in [-0.15, -0.1) is 0 Å². The quantitative estimate of drug-likeness (QED) is 0.711. The number of benzene rings is 1. The van der Waals surface area contributed by atoms with Crippen LogP contribution in [0.3, 0.4) is 0 Å². The van der Waals surface area contributed by atoms with Crippen molar-refractivity contribution in [2.45, 2.75) is 19.2 Å². The number of hydrogen-bond donors (Lipinski definition) is 1. The number of nitrogens with two attached hydrogens (primary N) is 1. The average molecular weight is 353 g/mol. The van der Waals surface area contributed by atoms with E-state index in [4.69, 9.17) is 17.3 Å². The molecule has 3 heterocycles. The normalized spacial score (nSPS) is 13.7. The SMILES string of the molecule is Cn1ncc2cc(-c3nn4c(c3C(N)=O)CB(C#N)CC4)cc(Cl)c21. The summed E-state index contributed by atoms with van der Waals surface area (Å²) < 4.78 is 3.48. The zero-order valence-corrected chi connectivity index (χ0v) is 14.3. The van der Waals surface area contributed by atoms with E-state index >= 15 is 0 Å². The summed E-state index contributed by atoms with van der Waals surface area (Å²) >= 11 is 6.41. The van der Waals surface area contributed by atoms with Crippen molar-refractivity contribution in [3.63, 3.8) is 0 Å². The average Bonchev–Trinajstić information content (AvgIpc) is 3.15. The first kappa shape index (κ1) is 15.7. The number of aryl methyl sites for hydroxylation is 2.